The first kappa shape index (κ1) is 17.5. The Morgan fingerprint density at radius 3 is 2.63 bits per heavy atom. The van der Waals surface area contributed by atoms with Crippen molar-refractivity contribution in [2.75, 3.05) is 20.2 Å². The maximum atomic E-state index is 12.9. The second-order valence-corrected chi connectivity index (χ2v) is 7.19. The van der Waals surface area contributed by atoms with E-state index in [2.05, 4.69) is 29.2 Å². The highest BCUT2D eigenvalue weighted by Gasteiger charge is 2.25. The van der Waals surface area contributed by atoms with Crippen molar-refractivity contribution in [3.05, 3.63) is 59.8 Å². The number of rotatable bonds is 4. The van der Waals surface area contributed by atoms with Gasteiger partial charge in [-0.2, -0.15) is 0 Å². The molecule has 27 heavy (non-hydrogen) atoms. The summed E-state index contributed by atoms with van der Waals surface area (Å²) in [5.74, 6) is 1.06. The summed E-state index contributed by atoms with van der Waals surface area (Å²) in [6.07, 6.45) is 3.11. The Hall–Kier alpha value is -2.95. The third kappa shape index (κ3) is 3.50. The monoisotopic (exact) mass is 364 g/mol. The van der Waals surface area contributed by atoms with E-state index < -0.39 is 0 Å². The van der Waals surface area contributed by atoms with Crippen LogP contribution >= 0.6 is 0 Å². The number of fused-ring (bicyclic) bond motifs is 1. The van der Waals surface area contributed by atoms with Gasteiger partial charge in [-0.1, -0.05) is 30.3 Å². The third-order valence-corrected chi connectivity index (χ3v) is 5.43. The molecular formula is C22H24N2O3. The van der Waals surface area contributed by atoms with Gasteiger partial charge in [0.15, 0.2) is 11.5 Å². The van der Waals surface area contributed by atoms with Crippen molar-refractivity contribution in [3.8, 4) is 11.5 Å². The Bertz CT molecular complexity index is 941. The largest absolute Gasteiger partial charge is 0.504 e. The maximum absolute atomic E-state index is 12.9. The van der Waals surface area contributed by atoms with Gasteiger partial charge in [0.2, 0.25) is 0 Å². The summed E-state index contributed by atoms with van der Waals surface area (Å²) in [6, 6.07) is 15.7. The third-order valence-electron chi connectivity index (χ3n) is 5.43. The fourth-order valence-electron chi connectivity index (χ4n) is 3.94. The van der Waals surface area contributed by atoms with E-state index >= 15 is 0 Å². The lowest BCUT2D eigenvalue weighted by atomic mass is 9.90. The number of phenolic OH excluding ortho intramolecular Hbond substituents is 1. The van der Waals surface area contributed by atoms with Crippen LogP contribution in [-0.4, -0.2) is 41.1 Å². The number of nitrogens with one attached hydrogen (secondary N) is 1. The van der Waals surface area contributed by atoms with Crippen LogP contribution in [0.25, 0.3) is 10.9 Å². The van der Waals surface area contributed by atoms with Crippen LogP contribution in [0.2, 0.25) is 0 Å². The highest BCUT2D eigenvalue weighted by molar-refractivity contribution is 6.00. The first-order valence-electron chi connectivity index (χ1n) is 9.37. The minimum Gasteiger partial charge on any atom is -0.504 e. The van der Waals surface area contributed by atoms with Gasteiger partial charge >= 0.3 is 0 Å². The summed E-state index contributed by atoms with van der Waals surface area (Å²) < 4.78 is 5.26. The SMILES string of the molecule is COc1c(O)ccc2cc(C(=O)N3CCC(Cc4ccccc4)CC3)[nH]c12. The van der Waals surface area contributed by atoms with Gasteiger partial charge in [0, 0.05) is 18.5 Å². The molecule has 5 nitrogen and oxygen atoms in total. The normalized spacial score (nSPS) is 15.2. The summed E-state index contributed by atoms with van der Waals surface area (Å²) in [5.41, 5.74) is 2.56. The minimum atomic E-state index is 0.00547. The van der Waals surface area contributed by atoms with Crippen LogP contribution in [0.3, 0.4) is 0 Å². The molecule has 0 aliphatic carbocycles. The van der Waals surface area contributed by atoms with Crippen LogP contribution in [0, 0.1) is 5.92 Å². The Kier molecular flexibility index (Phi) is 4.75. The molecule has 2 heterocycles. The smallest absolute Gasteiger partial charge is 0.270 e. The molecule has 0 radical (unpaired) electrons. The molecule has 5 heteroatoms. The molecule has 0 unspecified atom stereocenters. The number of hydrogen-bond donors (Lipinski definition) is 2. The van der Waals surface area contributed by atoms with Gasteiger partial charge in [-0.15, -0.1) is 0 Å². The Labute approximate surface area is 158 Å². The first-order valence-corrected chi connectivity index (χ1v) is 9.37. The number of carbonyl (C=O) groups excluding carboxylic acids is 1. The number of aromatic nitrogens is 1. The van der Waals surface area contributed by atoms with Gasteiger partial charge in [-0.3, -0.25) is 4.79 Å². The number of piperidine rings is 1. The second-order valence-electron chi connectivity index (χ2n) is 7.19. The number of carbonyl (C=O) groups is 1. The predicted octanol–water partition coefficient (Wildman–Crippen LogP) is 3.98. The number of aromatic hydroxyl groups is 1. The minimum absolute atomic E-state index is 0.00547. The highest BCUT2D eigenvalue weighted by Crippen LogP contribution is 2.34. The number of hydrogen-bond acceptors (Lipinski definition) is 3. The number of methoxy groups -OCH3 is 1. The standard InChI is InChI=1S/C22H24N2O3/c1-27-21-19(25)8-7-17-14-18(23-20(17)21)22(26)24-11-9-16(10-12-24)13-15-5-3-2-4-6-15/h2-8,14,16,23,25H,9-13H2,1H3. The van der Waals surface area contributed by atoms with Gasteiger partial charge < -0.3 is 19.7 Å². The van der Waals surface area contributed by atoms with Crippen LogP contribution < -0.4 is 4.74 Å². The molecule has 2 aromatic carbocycles. The number of ether oxygens (including phenoxy) is 1. The number of benzene rings is 2. The van der Waals surface area contributed by atoms with Crippen molar-refractivity contribution in [1.29, 1.82) is 0 Å². The summed E-state index contributed by atoms with van der Waals surface area (Å²) in [5, 5.41) is 10.8. The van der Waals surface area contributed by atoms with Crippen molar-refractivity contribution >= 4 is 16.8 Å². The second kappa shape index (κ2) is 7.35. The van der Waals surface area contributed by atoms with Gasteiger partial charge in [-0.05, 0) is 48.9 Å². The first-order chi connectivity index (χ1) is 13.2. The summed E-state index contributed by atoms with van der Waals surface area (Å²) in [6.45, 7) is 1.54. The van der Waals surface area contributed by atoms with E-state index in [9.17, 15) is 9.90 Å². The number of amides is 1. The molecule has 1 amide bonds. The molecular weight excluding hydrogens is 340 g/mol. The lowest BCUT2D eigenvalue weighted by Crippen LogP contribution is -2.39. The van der Waals surface area contributed by atoms with E-state index in [1.807, 2.05) is 17.0 Å². The molecule has 0 saturated carbocycles. The van der Waals surface area contributed by atoms with Gasteiger partial charge in [0.25, 0.3) is 5.91 Å². The van der Waals surface area contributed by atoms with Crippen LogP contribution in [-0.2, 0) is 6.42 Å². The van der Waals surface area contributed by atoms with E-state index in [0.717, 1.165) is 37.7 Å². The van der Waals surface area contributed by atoms with Crippen molar-refractivity contribution < 1.29 is 14.6 Å². The zero-order valence-electron chi connectivity index (χ0n) is 15.4. The van der Waals surface area contributed by atoms with Gasteiger partial charge in [-0.25, -0.2) is 0 Å². The summed E-state index contributed by atoms with van der Waals surface area (Å²) >= 11 is 0. The van der Waals surface area contributed by atoms with E-state index in [0.29, 0.717) is 22.9 Å². The number of phenols is 1. The molecule has 1 aromatic heterocycles. The molecule has 1 aliphatic rings. The Morgan fingerprint density at radius 2 is 1.93 bits per heavy atom. The number of nitrogens with zero attached hydrogens (tertiary/aromatic N) is 1. The van der Waals surface area contributed by atoms with Gasteiger partial charge in [0.05, 0.1) is 12.6 Å². The Morgan fingerprint density at radius 1 is 1.19 bits per heavy atom. The number of H-pyrrole nitrogens is 1. The topological polar surface area (TPSA) is 65.6 Å². The lowest BCUT2D eigenvalue weighted by molar-refractivity contribution is 0.0685. The number of likely N-dealkylation sites (tertiary alicyclic amines) is 1. The fraction of sp³-hybridized carbons (Fsp3) is 0.318. The van der Waals surface area contributed by atoms with Crippen LogP contribution in [0.5, 0.6) is 11.5 Å². The molecule has 0 atom stereocenters. The molecule has 1 saturated heterocycles. The van der Waals surface area contributed by atoms with Crippen molar-refractivity contribution in [3.63, 3.8) is 0 Å². The predicted molar refractivity (Wildman–Crippen MR) is 105 cm³/mol. The highest BCUT2D eigenvalue weighted by atomic mass is 16.5. The Balaban J connectivity index is 1.44. The molecule has 1 aliphatic heterocycles. The summed E-state index contributed by atoms with van der Waals surface area (Å²) in [4.78, 5) is 18.0. The van der Waals surface area contributed by atoms with E-state index in [-0.39, 0.29) is 11.7 Å². The van der Waals surface area contributed by atoms with E-state index in [4.69, 9.17) is 4.74 Å². The van der Waals surface area contributed by atoms with Gasteiger partial charge in [0.1, 0.15) is 5.69 Å². The fourth-order valence-corrected chi connectivity index (χ4v) is 3.94. The average molecular weight is 364 g/mol. The van der Waals surface area contributed by atoms with Crippen molar-refractivity contribution in [2.45, 2.75) is 19.3 Å². The molecule has 4 rings (SSSR count). The van der Waals surface area contributed by atoms with Crippen LogP contribution in [0.4, 0.5) is 0 Å². The zero-order valence-corrected chi connectivity index (χ0v) is 15.4. The number of aromatic amines is 1. The molecule has 3 aromatic rings. The van der Waals surface area contributed by atoms with Crippen molar-refractivity contribution in [1.82, 2.24) is 9.88 Å². The quantitative estimate of drug-likeness (QED) is 0.736. The van der Waals surface area contributed by atoms with Crippen LogP contribution in [0.15, 0.2) is 48.5 Å². The molecule has 2 N–H and O–H groups in total. The lowest BCUT2D eigenvalue weighted by Gasteiger charge is -2.31. The van der Waals surface area contributed by atoms with E-state index in [1.165, 1.54) is 12.7 Å². The molecule has 140 valence electrons. The molecule has 1 fully saturated rings. The molecule has 0 spiro atoms. The van der Waals surface area contributed by atoms with Crippen LogP contribution in [0.1, 0.15) is 28.9 Å². The van der Waals surface area contributed by atoms with E-state index in [1.54, 1.807) is 12.1 Å². The summed E-state index contributed by atoms with van der Waals surface area (Å²) in [7, 11) is 1.51. The zero-order chi connectivity index (χ0) is 18.8. The maximum Gasteiger partial charge on any atom is 0.270 e. The average Bonchev–Trinajstić information content (AvgIpc) is 3.13. The van der Waals surface area contributed by atoms with Crippen molar-refractivity contribution in [2.24, 2.45) is 5.92 Å². The molecule has 0 bridgehead atoms.